The number of hydrogen-bond donors (Lipinski definition) is 1. The highest BCUT2D eigenvalue weighted by molar-refractivity contribution is 8.00. The van der Waals surface area contributed by atoms with Crippen LogP contribution in [0.1, 0.15) is 12.5 Å². The van der Waals surface area contributed by atoms with E-state index in [2.05, 4.69) is 54.0 Å². The summed E-state index contributed by atoms with van der Waals surface area (Å²) in [4.78, 5) is 4.74. The Kier molecular flexibility index (Phi) is 4.23. The van der Waals surface area contributed by atoms with E-state index < -0.39 is 0 Å². The highest BCUT2D eigenvalue weighted by Gasteiger charge is 2.07. The van der Waals surface area contributed by atoms with Gasteiger partial charge in [-0.3, -0.25) is 0 Å². The molecule has 0 radical (unpaired) electrons. The first-order valence-corrected chi connectivity index (χ1v) is 8.52. The fourth-order valence-corrected chi connectivity index (χ4v) is 3.84. The molecule has 0 saturated heterocycles. The summed E-state index contributed by atoms with van der Waals surface area (Å²) in [6.07, 6.45) is 0. The lowest BCUT2D eigenvalue weighted by Gasteiger charge is -2.11. The van der Waals surface area contributed by atoms with Gasteiger partial charge in [-0.05, 0) is 30.5 Å². The average molecular weight is 300 g/mol. The minimum atomic E-state index is 0.891. The number of fused-ring (bicyclic) bond motifs is 1. The van der Waals surface area contributed by atoms with Gasteiger partial charge >= 0.3 is 0 Å². The number of benzene rings is 1. The Labute approximate surface area is 127 Å². The molecule has 0 aliphatic rings. The van der Waals surface area contributed by atoms with Crippen LogP contribution in [0, 0.1) is 0 Å². The van der Waals surface area contributed by atoms with E-state index in [1.165, 1.54) is 15.2 Å². The molecule has 0 spiro atoms. The molecule has 0 saturated carbocycles. The molecule has 0 bridgehead atoms. The quantitative estimate of drug-likeness (QED) is 0.670. The van der Waals surface area contributed by atoms with E-state index in [4.69, 9.17) is 4.98 Å². The summed E-state index contributed by atoms with van der Waals surface area (Å²) < 4.78 is 1.35. The lowest BCUT2D eigenvalue weighted by Crippen LogP contribution is -2.03. The van der Waals surface area contributed by atoms with Crippen LogP contribution in [-0.2, 0) is 5.75 Å². The molecule has 102 valence electrons. The van der Waals surface area contributed by atoms with Crippen molar-refractivity contribution in [2.24, 2.45) is 0 Å². The summed E-state index contributed by atoms with van der Waals surface area (Å²) in [6, 6.07) is 14.8. The van der Waals surface area contributed by atoms with Gasteiger partial charge in [0.05, 0.1) is 9.73 Å². The number of nitrogens with one attached hydrogen (secondary N) is 1. The number of rotatable bonds is 5. The van der Waals surface area contributed by atoms with E-state index in [-0.39, 0.29) is 0 Å². The number of thioether (sulfide) groups is 1. The minimum Gasteiger partial charge on any atom is -0.370 e. The van der Waals surface area contributed by atoms with Gasteiger partial charge in [0.15, 0.2) is 0 Å². The predicted molar refractivity (Wildman–Crippen MR) is 89.8 cm³/mol. The Morgan fingerprint density at radius 1 is 1.20 bits per heavy atom. The minimum absolute atomic E-state index is 0.891. The molecule has 0 aliphatic carbocycles. The second-order valence-electron chi connectivity index (χ2n) is 4.44. The largest absolute Gasteiger partial charge is 0.370 e. The van der Waals surface area contributed by atoms with Crippen LogP contribution in [0.4, 0.5) is 5.82 Å². The van der Waals surface area contributed by atoms with E-state index >= 15 is 0 Å². The highest BCUT2D eigenvalue weighted by Crippen LogP contribution is 2.30. The lowest BCUT2D eigenvalue weighted by molar-refractivity contribution is 1.15. The number of anilines is 1. The van der Waals surface area contributed by atoms with Crippen LogP contribution in [0.3, 0.4) is 0 Å². The van der Waals surface area contributed by atoms with Crippen molar-refractivity contribution < 1.29 is 0 Å². The van der Waals surface area contributed by atoms with Gasteiger partial charge in [0.2, 0.25) is 0 Å². The van der Waals surface area contributed by atoms with Crippen LogP contribution in [-0.4, -0.2) is 11.5 Å². The summed E-state index contributed by atoms with van der Waals surface area (Å²) >= 11 is 3.65. The smallest absolute Gasteiger partial charge is 0.130 e. The normalized spacial score (nSPS) is 10.8. The molecule has 3 rings (SSSR count). The maximum absolute atomic E-state index is 4.74. The van der Waals surface area contributed by atoms with E-state index in [1.54, 1.807) is 11.3 Å². The summed E-state index contributed by atoms with van der Waals surface area (Å²) in [5, 5.41) is 6.70. The zero-order valence-electron chi connectivity index (χ0n) is 11.3. The van der Waals surface area contributed by atoms with Crippen molar-refractivity contribution >= 4 is 39.8 Å². The molecule has 0 amide bonds. The number of para-hydroxylation sites is 1. The van der Waals surface area contributed by atoms with Crippen molar-refractivity contribution in [1.29, 1.82) is 0 Å². The van der Waals surface area contributed by atoms with Crippen LogP contribution in [0.15, 0.2) is 52.1 Å². The molecule has 0 aliphatic heterocycles. The van der Waals surface area contributed by atoms with Crippen molar-refractivity contribution in [2.45, 2.75) is 16.9 Å². The molecule has 1 N–H and O–H groups in total. The summed E-state index contributed by atoms with van der Waals surface area (Å²) in [5.41, 5.74) is 2.32. The van der Waals surface area contributed by atoms with Crippen LogP contribution in [0.5, 0.6) is 0 Å². The number of nitrogens with zero attached hydrogens (tertiary/aromatic N) is 1. The monoisotopic (exact) mass is 300 g/mol. The van der Waals surface area contributed by atoms with Crippen LogP contribution >= 0.6 is 23.1 Å². The average Bonchev–Trinajstić information content (AvgIpc) is 2.98. The van der Waals surface area contributed by atoms with Gasteiger partial charge in [-0.25, -0.2) is 4.98 Å². The van der Waals surface area contributed by atoms with E-state index in [0.29, 0.717) is 0 Å². The summed E-state index contributed by atoms with van der Waals surface area (Å²) in [6.45, 7) is 3.00. The van der Waals surface area contributed by atoms with Crippen molar-refractivity contribution in [3.05, 3.63) is 53.4 Å². The molecule has 1 aromatic carbocycles. The van der Waals surface area contributed by atoms with Crippen LogP contribution in [0.25, 0.3) is 10.9 Å². The molecular formula is C16H16N2S2. The second-order valence-corrected chi connectivity index (χ2v) is 6.66. The first kappa shape index (κ1) is 13.5. The fourth-order valence-electron chi connectivity index (χ4n) is 2.08. The molecule has 2 heterocycles. The first-order chi connectivity index (χ1) is 9.86. The zero-order chi connectivity index (χ0) is 13.8. The Balaban J connectivity index is 1.92. The van der Waals surface area contributed by atoms with E-state index in [9.17, 15) is 0 Å². The third kappa shape index (κ3) is 2.97. The van der Waals surface area contributed by atoms with Crippen LogP contribution < -0.4 is 5.32 Å². The second kappa shape index (κ2) is 6.29. The molecule has 20 heavy (non-hydrogen) atoms. The first-order valence-electron chi connectivity index (χ1n) is 6.65. The molecule has 0 atom stereocenters. The predicted octanol–water partition coefficient (Wildman–Crippen LogP) is 5.02. The zero-order valence-corrected chi connectivity index (χ0v) is 12.9. The van der Waals surface area contributed by atoms with Gasteiger partial charge in [0, 0.05) is 23.2 Å². The van der Waals surface area contributed by atoms with E-state index in [1.807, 2.05) is 17.8 Å². The van der Waals surface area contributed by atoms with Gasteiger partial charge < -0.3 is 5.32 Å². The van der Waals surface area contributed by atoms with Gasteiger partial charge in [0.25, 0.3) is 0 Å². The summed E-state index contributed by atoms with van der Waals surface area (Å²) in [7, 11) is 0. The van der Waals surface area contributed by atoms with Gasteiger partial charge in [-0.2, -0.15) is 0 Å². The number of pyridine rings is 1. The number of thiophene rings is 1. The van der Waals surface area contributed by atoms with Crippen molar-refractivity contribution in [1.82, 2.24) is 4.98 Å². The molecule has 2 nitrogen and oxygen atoms in total. The SMILES string of the molecule is CCNc1nc2ccccc2cc1CSc1cccs1. The maximum Gasteiger partial charge on any atom is 0.130 e. The maximum atomic E-state index is 4.74. The standard InChI is InChI=1S/C16H16N2S2/c1-2-17-16-13(11-20-15-8-5-9-19-15)10-12-6-3-4-7-14(12)18-16/h3-10H,2,11H2,1H3,(H,17,18). The molecule has 2 aromatic heterocycles. The molecule has 4 heteroatoms. The topological polar surface area (TPSA) is 24.9 Å². The Bertz CT molecular complexity index is 693. The summed E-state index contributed by atoms with van der Waals surface area (Å²) in [5.74, 6) is 1.95. The van der Waals surface area contributed by atoms with Gasteiger partial charge in [-0.1, -0.05) is 24.3 Å². The Morgan fingerprint density at radius 2 is 2.10 bits per heavy atom. The van der Waals surface area contributed by atoms with Crippen LogP contribution in [0.2, 0.25) is 0 Å². The number of aromatic nitrogens is 1. The molecule has 0 unspecified atom stereocenters. The highest BCUT2D eigenvalue weighted by atomic mass is 32.2. The number of hydrogen-bond acceptors (Lipinski definition) is 4. The fraction of sp³-hybridized carbons (Fsp3) is 0.188. The molecule has 3 aromatic rings. The van der Waals surface area contributed by atoms with E-state index in [0.717, 1.165) is 23.6 Å². The molecular weight excluding hydrogens is 284 g/mol. The van der Waals surface area contributed by atoms with Crippen molar-refractivity contribution in [2.75, 3.05) is 11.9 Å². The van der Waals surface area contributed by atoms with Gasteiger partial charge in [0.1, 0.15) is 5.82 Å². The van der Waals surface area contributed by atoms with Gasteiger partial charge in [-0.15, -0.1) is 23.1 Å². The third-order valence-electron chi connectivity index (χ3n) is 3.01. The van der Waals surface area contributed by atoms with Crippen molar-refractivity contribution in [3.63, 3.8) is 0 Å². The Morgan fingerprint density at radius 3 is 2.90 bits per heavy atom. The van der Waals surface area contributed by atoms with Crippen molar-refractivity contribution in [3.8, 4) is 0 Å². The Hall–Kier alpha value is -1.52. The molecule has 0 fully saturated rings. The third-order valence-corrected chi connectivity index (χ3v) is 5.19. The lowest BCUT2D eigenvalue weighted by atomic mass is 10.1.